The van der Waals surface area contributed by atoms with Gasteiger partial charge < -0.3 is 4.90 Å². The zero-order valence-electron chi connectivity index (χ0n) is 8.93. The lowest BCUT2D eigenvalue weighted by Gasteiger charge is -2.20. The van der Waals surface area contributed by atoms with E-state index in [-0.39, 0.29) is 5.91 Å². The molecule has 1 amide bonds. The minimum absolute atomic E-state index is 0.0938. The van der Waals surface area contributed by atoms with E-state index in [1.807, 2.05) is 0 Å². The van der Waals surface area contributed by atoms with Gasteiger partial charge in [0.25, 0.3) is 5.91 Å². The number of halogens is 4. The quantitative estimate of drug-likeness (QED) is 0.727. The number of alkyl halides is 2. The first-order valence-corrected chi connectivity index (χ1v) is 7.20. The van der Waals surface area contributed by atoms with Gasteiger partial charge in [0, 0.05) is 34.9 Å². The van der Waals surface area contributed by atoms with Gasteiger partial charge in [-0.15, -0.1) is 23.2 Å². The second-order valence-electron chi connectivity index (χ2n) is 3.30. The predicted molar refractivity (Wildman–Crippen MR) is 76.5 cm³/mol. The second-order valence-corrected chi connectivity index (χ2v) is 5.32. The van der Waals surface area contributed by atoms with Gasteiger partial charge in [-0.3, -0.25) is 4.79 Å². The summed E-state index contributed by atoms with van der Waals surface area (Å²) in [7, 11) is 0. The Kier molecular flexibility index (Phi) is 6.63. The smallest absolute Gasteiger partial charge is 0.253 e. The van der Waals surface area contributed by atoms with Crippen LogP contribution in [0.25, 0.3) is 0 Å². The third-order valence-electron chi connectivity index (χ3n) is 2.16. The van der Waals surface area contributed by atoms with Crippen molar-refractivity contribution in [3.63, 3.8) is 0 Å². The zero-order chi connectivity index (χ0) is 12.8. The van der Waals surface area contributed by atoms with Crippen molar-refractivity contribution < 1.29 is 4.79 Å². The number of carbonyl (C=O) groups is 1. The summed E-state index contributed by atoms with van der Waals surface area (Å²) in [5, 5.41) is 0.572. The molecule has 0 saturated heterocycles. The molecule has 0 atom stereocenters. The number of nitrogens with zero attached hydrogens (tertiary/aromatic N) is 1. The lowest BCUT2D eigenvalue weighted by atomic mass is 10.2. The Labute approximate surface area is 124 Å². The number of rotatable bonds is 5. The van der Waals surface area contributed by atoms with Crippen LogP contribution in [0.1, 0.15) is 10.4 Å². The maximum absolute atomic E-state index is 12.1. The van der Waals surface area contributed by atoms with Crippen LogP contribution in [0.4, 0.5) is 0 Å². The van der Waals surface area contributed by atoms with E-state index >= 15 is 0 Å². The molecule has 17 heavy (non-hydrogen) atoms. The molecule has 0 aliphatic rings. The van der Waals surface area contributed by atoms with Gasteiger partial charge in [-0.25, -0.2) is 0 Å². The number of amides is 1. The maximum Gasteiger partial charge on any atom is 0.253 e. The summed E-state index contributed by atoms with van der Waals surface area (Å²) < 4.78 is 0.696. The monoisotopic (exact) mass is 357 g/mol. The third-order valence-corrected chi connectivity index (χ3v) is 3.71. The lowest BCUT2D eigenvalue weighted by molar-refractivity contribution is 0.0775. The first-order valence-electron chi connectivity index (χ1n) is 4.96. The van der Waals surface area contributed by atoms with Crippen LogP contribution in [0.15, 0.2) is 22.7 Å². The molecule has 0 unspecified atom stereocenters. The van der Waals surface area contributed by atoms with Gasteiger partial charge in [0.1, 0.15) is 0 Å². The van der Waals surface area contributed by atoms with E-state index in [0.717, 1.165) is 0 Å². The van der Waals surface area contributed by atoms with E-state index in [0.29, 0.717) is 39.9 Å². The SMILES string of the molecule is O=C(c1ccc(Cl)c(Br)c1)N(CCCl)CCCl. The lowest BCUT2D eigenvalue weighted by Crippen LogP contribution is -2.34. The van der Waals surface area contributed by atoms with Crippen molar-refractivity contribution in [2.24, 2.45) is 0 Å². The molecule has 0 radical (unpaired) electrons. The minimum Gasteiger partial charge on any atom is -0.336 e. The average Bonchev–Trinajstić information content (AvgIpc) is 2.31. The van der Waals surface area contributed by atoms with Crippen molar-refractivity contribution in [3.05, 3.63) is 33.3 Å². The molecular formula is C11H11BrCl3NO. The molecule has 6 heteroatoms. The van der Waals surface area contributed by atoms with Crippen molar-refractivity contribution >= 4 is 56.6 Å². The van der Waals surface area contributed by atoms with Gasteiger partial charge >= 0.3 is 0 Å². The Morgan fingerprint density at radius 3 is 2.29 bits per heavy atom. The topological polar surface area (TPSA) is 20.3 Å². The highest BCUT2D eigenvalue weighted by Gasteiger charge is 2.15. The van der Waals surface area contributed by atoms with Crippen LogP contribution in [0.5, 0.6) is 0 Å². The summed E-state index contributed by atoms with van der Waals surface area (Å²) in [5.74, 6) is 0.679. The minimum atomic E-state index is -0.0938. The van der Waals surface area contributed by atoms with Crippen LogP contribution >= 0.6 is 50.7 Å². The summed E-state index contributed by atoms with van der Waals surface area (Å²) in [4.78, 5) is 13.8. The Bertz CT molecular complexity index is 394. The van der Waals surface area contributed by atoms with Crippen LogP contribution in [0, 0.1) is 0 Å². The fourth-order valence-corrected chi connectivity index (χ4v) is 2.24. The fourth-order valence-electron chi connectivity index (χ4n) is 1.33. The van der Waals surface area contributed by atoms with Crippen molar-refractivity contribution in [1.29, 1.82) is 0 Å². The Balaban J connectivity index is 2.88. The molecule has 0 N–H and O–H groups in total. The molecule has 94 valence electrons. The molecule has 1 aromatic carbocycles. The summed E-state index contributed by atoms with van der Waals surface area (Å²) in [6, 6.07) is 5.06. The standard InChI is InChI=1S/C11H11BrCl3NO/c12-9-7-8(1-2-10(9)15)11(17)16(5-3-13)6-4-14/h1-2,7H,3-6H2. The molecule has 0 aliphatic heterocycles. The molecule has 0 spiro atoms. The third kappa shape index (κ3) is 4.32. The van der Waals surface area contributed by atoms with Crippen LogP contribution in [0.2, 0.25) is 5.02 Å². The Hall–Kier alpha value is 0.0400. The van der Waals surface area contributed by atoms with E-state index in [9.17, 15) is 4.79 Å². The maximum atomic E-state index is 12.1. The van der Waals surface area contributed by atoms with Crippen LogP contribution < -0.4 is 0 Å². The highest BCUT2D eigenvalue weighted by Crippen LogP contribution is 2.23. The van der Waals surface area contributed by atoms with Crippen LogP contribution in [-0.4, -0.2) is 35.7 Å². The Morgan fingerprint density at radius 2 is 1.82 bits per heavy atom. The van der Waals surface area contributed by atoms with E-state index in [4.69, 9.17) is 34.8 Å². The van der Waals surface area contributed by atoms with Gasteiger partial charge in [0.15, 0.2) is 0 Å². The largest absolute Gasteiger partial charge is 0.336 e. The molecule has 1 rings (SSSR count). The van der Waals surface area contributed by atoms with Gasteiger partial charge in [0.05, 0.1) is 5.02 Å². The second kappa shape index (κ2) is 7.47. The highest BCUT2D eigenvalue weighted by molar-refractivity contribution is 9.10. The number of carbonyl (C=O) groups excluding carboxylic acids is 1. The van der Waals surface area contributed by atoms with Gasteiger partial charge in [-0.2, -0.15) is 0 Å². The molecule has 0 aromatic heterocycles. The first-order chi connectivity index (χ1) is 8.10. The van der Waals surface area contributed by atoms with Crippen molar-refractivity contribution in [2.45, 2.75) is 0 Å². The number of benzene rings is 1. The molecule has 1 aromatic rings. The number of hydrogen-bond donors (Lipinski definition) is 0. The van der Waals surface area contributed by atoms with E-state index in [2.05, 4.69) is 15.9 Å². The summed E-state index contributed by atoms with van der Waals surface area (Å²) >= 11 is 20.5. The normalized spacial score (nSPS) is 10.4. The zero-order valence-corrected chi connectivity index (χ0v) is 12.8. The predicted octanol–water partition coefficient (Wildman–Crippen LogP) is 4.02. The number of hydrogen-bond acceptors (Lipinski definition) is 1. The van der Waals surface area contributed by atoms with Gasteiger partial charge in [-0.1, -0.05) is 11.6 Å². The molecule has 0 bridgehead atoms. The van der Waals surface area contributed by atoms with Crippen LogP contribution in [-0.2, 0) is 0 Å². The Morgan fingerprint density at radius 1 is 1.24 bits per heavy atom. The van der Waals surface area contributed by atoms with Crippen molar-refractivity contribution in [2.75, 3.05) is 24.8 Å². The summed E-state index contributed by atoms with van der Waals surface area (Å²) in [6.45, 7) is 0.959. The molecular weight excluding hydrogens is 348 g/mol. The van der Waals surface area contributed by atoms with Crippen molar-refractivity contribution in [1.82, 2.24) is 4.90 Å². The average molecular weight is 359 g/mol. The molecule has 0 aliphatic carbocycles. The molecule has 0 saturated carbocycles. The highest BCUT2D eigenvalue weighted by atomic mass is 79.9. The fraction of sp³-hybridized carbons (Fsp3) is 0.364. The molecule has 2 nitrogen and oxygen atoms in total. The summed E-state index contributed by atoms with van der Waals surface area (Å²) in [6.07, 6.45) is 0. The molecule has 0 fully saturated rings. The van der Waals surface area contributed by atoms with E-state index < -0.39 is 0 Å². The van der Waals surface area contributed by atoms with Gasteiger partial charge in [-0.05, 0) is 34.1 Å². The van der Waals surface area contributed by atoms with E-state index in [1.54, 1.807) is 23.1 Å². The van der Waals surface area contributed by atoms with Gasteiger partial charge in [0.2, 0.25) is 0 Å². The van der Waals surface area contributed by atoms with Crippen LogP contribution in [0.3, 0.4) is 0 Å². The van der Waals surface area contributed by atoms with E-state index in [1.165, 1.54) is 0 Å². The molecule has 0 heterocycles. The van der Waals surface area contributed by atoms with Crippen molar-refractivity contribution in [3.8, 4) is 0 Å². The first kappa shape index (κ1) is 15.1. The summed E-state index contributed by atoms with van der Waals surface area (Å²) in [5.41, 5.74) is 0.566.